The van der Waals surface area contributed by atoms with Crippen molar-refractivity contribution in [2.24, 2.45) is 0 Å². The van der Waals surface area contributed by atoms with Gasteiger partial charge in [-0.2, -0.15) is 0 Å². The number of rotatable bonds is 6. The Morgan fingerprint density at radius 1 is 0.895 bits per heavy atom. The highest BCUT2D eigenvalue weighted by Crippen LogP contribution is 1.87. The van der Waals surface area contributed by atoms with E-state index in [1.54, 1.807) is 0 Å². The highest BCUT2D eigenvalue weighted by molar-refractivity contribution is 5.63. The molecular weight excluding hydrogens is 264 g/mol. The lowest BCUT2D eigenvalue weighted by Crippen LogP contribution is -2.25. The molecule has 0 saturated heterocycles. The monoisotopic (exact) mass is 286 g/mol. The zero-order chi connectivity index (χ0) is 15.8. The van der Waals surface area contributed by atoms with Crippen molar-refractivity contribution in [1.82, 2.24) is 0 Å². The summed E-state index contributed by atoms with van der Waals surface area (Å²) in [4.78, 5) is 18.0. The minimum absolute atomic E-state index is 0.0342. The SMILES string of the molecule is CC(=O)O.CC(=O)O.OCC(O)COCC(O)CO. The summed E-state index contributed by atoms with van der Waals surface area (Å²) in [5.41, 5.74) is 0. The maximum absolute atomic E-state index is 9.00. The van der Waals surface area contributed by atoms with Gasteiger partial charge in [0, 0.05) is 13.8 Å². The highest BCUT2D eigenvalue weighted by atomic mass is 16.5. The third-order valence-corrected chi connectivity index (χ3v) is 1.04. The fourth-order valence-electron chi connectivity index (χ4n) is 0.446. The van der Waals surface area contributed by atoms with Crippen LogP contribution in [-0.4, -0.2) is 81.2 Å². The van der Waals surface area contributed by atoms with Crippen molar-refractivity contribution in [3.05, 3.63) is 0 Å². The van der Waals surface area contributed by atoms with Gasteiger partial charge in [-0.25, -0.2) is 0 Å². The van der Waals surface area contributed by atoms with Gasteiger partial charge >= 0.3 is 0 Å². The Balaban J connectivity index is -0.000000264. The van der Waals surface area contributed by atoms with Crippen LogP contribution in [0, 0.1) is 0 Å². The van der Waals surface area contributed by atoms with Crippen molar-refractivity contribution in [3.8, 4) is 0 Å². The number of aliphatic carboxylic acids is 2. The van der Waals surface area contributed by atoms with E-state index in [1.807, 2.05) is 0 Å². The third kappa shape index (κ3) is 47.6. The fourth-order valence-corrected chi connectivity index (χ4v) is 0.446. The van der Waals surface area contributed by atoms with Gasteiger partial charge in [-0.15, -0.1) is 0 Å². The van der Waals surface area contributed by atoms with Crippen molar-refractivity contribution < 1.29 is 45.0 Å². The smallest absolute Gasteiger partial charge is 0.300 e. The second-order valence-electron chi connectivity index (χ2n) is 3.25. The van der Waals surface area contributed by atoms with Crippen LogP contribution in [0.3, 0.4) is 0 Å². The predicted molar refractivity (Wildman–Crippen MR) is 63.6 cm³/mol. The van der Waals surface area contributed by atoms with E-state index in [9.17, 15) is 0 Å². The van der Waals surface area contributed by atoms with E-state index < -0.39 is 24.1 Å². The quantitative estimate of drug-likeness (QED) is 0.320. The summed E-state index contributed by atoms with van der Waals surface area (Å²) in [6.45, 7) is 1.37. The van der Waals surface area contributed by atoms with E-state index in [0.29, 0.717) is 0 Å². The summed E-state index contributed by atoms with van der Waals surface area (Å²) in [5.74, 6) is -1.67. The molecule has 2 unspecified atom stereocenters. The standard InChI is InChI=1S/C6H14O5.2C2H4O2/c7-1-5(9)3-11-4-6(10)2-8;2*1-2(3)4/h5-10H,1-4H2;2*1H3,(H,3,4). The van der Waals surface area contributed by atoms with Gasteiger partial charge in [-0.3, -0.25) is 9.59 Å². The molecule has 9 nitrogen and oxygen atoms in total. The molecule has 0 aliphatic carbocycles. The number of carboxylic acid groups (broad SMARTS) is 2. The number of carboxylic acids is 2. The van der Waals surface area contributed by atoms with E-state index >= 15 is 0 Å². The van der Waals surface area contributed by atoms with E-state index in [2.05, 4.69) is 0 Å². The van der Waals surface area contributed by atoms with Crippen molar-refractivity contribution in [3.63, 3.8) is 0 Å². The second kappa shape index (κ2) is 16.7. The summed E-state index contributed by atoms with van der Waals surface area (Å²) < 4.78 is 4.72. The van der Waals surface area contributed by atoms with Crippen LogP contribution in [0.1, 0.15) is 13.8 Å². The molecule has 0 saturated carbocycles. The zero-order valence-electron chi connectivity index (χ0n) is 10.9. The van der Waals surface area contributed by atoms with Crippen LogP contribution in [0.4, 0.5) is 0 Å². The van der Waals surface area contributed by atoms with E-state index in [4.69, 9.17) is 45.0 Å². The molecule has 2 atom stereocenters. The molecule has 9 heteroatoms. The van der Waals surface area contributed by atoms with Crippen LogP contribution >= 0.6 is 0 Å². The first kappa shape index (κ1) is 22.9. The number of hydrogen-bond donors (Lipinski definition) is 6. The number of aliphatic hydroxyl groups excluding tert-OH is 4. The average molecular weight is 286 g/mol. The molecule has 116 valence electrons. The van der Waals surface area contributed by atoms with Crippen LogP contribution in [0.2, 0.25) is 0 Å². The lowest BCUT2D eigenvalue weighted by atomic mass is 10.4. The maximum atomic E-state index is 9.00. The van der Waals surface area contributed by atoms with Gasteiger partial charge < -0.3 is 35.4 Å². The Bertz CT molecular complexity index is 189. The summed E-state index contributed by atoms with van der Waals surface area (Å²) in [5, 5.41) is 48.9. The third-order valence-electron chi connectivity index (χ3n) is 1.04. The zero-order valence-corrected chi connectivity index (χ0v) is 10.9. The minimum atomic E-state index is -0.916. The maximum Gasteiger partial charge on any atom is 0.300 e. The molecule has 0 aliphatic heterocycles. The summed E-state index contributed by atoms with van der Waals surface area (Å²) in [6.07, 6.45) is -1.83. The van der Waals surface area contributed by atoms with Gasteiger partial charge in [0.1, 0.15) is 12.2 Å². The molecule has 19 heavy (non-hydrogen) atoms. The molecule has 0 amide bonds. The Kier molecular flexibility index (Phi) is 20.2. The predicted octanol–water partition coefficient (Wildman–Crippen LogP) is -2.11. The minimum Gasteiger partial charge on any atom is -0.481 e. The Labute approximate surface area is 110 Å². The molecule has 0 aromatic heterocycles. The first-order valence-corrected chi connectivity index (χ1v) is 5.21. The average Bonchev–Trinajstić information content (AvgIpc) is 2.27. The highest BCUT2D eigenvalue weighted by Gasteiger charge is 2.04. The molecule has 0 aromatic carbocycles. The normalized spacial score (nSPS) is 12.1. The van der Waals surface area contributed by atoms with Gasteiger partial charge in [-0.1, -0.05) is 0 Å². The van der Waals surface area contributed by atoms with Crippen LogP contribution in [0.25, 0.3) is 0 Å². The van der Waals surface area contributed by atoms with Crippen molar-refractivity contribution in [2.75, 3.05) is 26.4 Å². The van der Waals surface area contributed by atoms with Crippen LogP contribution in [-0.2, 0) is 14.3 Å². The van der Waals surface area contributed by atoms with Gasteiger partial charge in [-0.05, 0) is 0 Å². The molecule has 0 heterocycles. The van der Waals surface area contributed by atoms with E-state index in [-0.39, 0.29) is 26.4 Å². The first-order valence-electron chi connectivity index (χ1n) is 5.21. The van der Waals surface area contributed by atoms with Gasteiger partial charge in [0.25, 0.3) is 11.9 Å². The molecule has 6 N–H and O–H groups in total. The molecule has 0 aromatic rings. The molecule has 0 rings (SSSR count). The molecule has 0 bridgehead atoms. The van der Waals surface area contributed by atoms with Gasteiger partial charge in [0.2, 0.25) is 0 Å². The Morgan fingerprint density at radius 3 is 1.26 bits per heavy atom. The topological polar surface area (TPSA) is 165 Å². The van der Waals surface area contributed by atoms with Crippen LogP contribution < -0.4 is 0 Å². The van der Waals surface area contributed by atoms with Gasteiger partial charge in [0.15, 0.2) is 0 Å². The molecule has 0 fully saturated rings. The summed E-state index contributed by atoms with van der Waals surface area (Å²) >= 11 is 0. The van der Waals surface area contributed by atoms with Crippen molar-refractivity contribution in [1.29, 1.82) is 0 Å². The van der Waals surface area contributed by atoms with Gasteiger partial charge in [0.05, 0.1) is 26.4 Å². The number of hydrogen-bond acceptors (Lipinski definition) is 7. The number of aliphatic hydroxyl groups is 4. The van der Waals surface area contributed by atoms with E-state index in [1.165, 1.54) is 0 Å². The van der Waals surface area contributed by atoms with Crippen LogP contribution in [0.15, 0.2) is 0 Å². The largest absolute Gasteiger partial charge is 0.481 e. The molecule has 0 aliphatic rings. The first-order chi connectivity index (χ1) is 8.67. The number of carbonyl (C=O) groups is 2. The molecular formula is C10H22O9. The molecule has 0 spiro atoms. The number of ether oxygens (including phenoxy) is 1. The van der Waals surface area contributed by atoms with Crippen molar-refractivity contribution in [2.45, 2.75) is 26.1 Å². The summed E-state index contributed by atoms with van der Waals surface area (Å²) in [7, 11) is 0. The fraction of sp³-hybridized carbons (Fsp3) is 0.800. The van der Waals surface area contributed by atoms with Crippen LogP contribution in [0.5, 0.6) is 0 Å². The second-order valence-corrected chi connectivity index (χ2v) is 3.25. The Hall–Kier alpha value is -1.26. The Morgan fingerprint density at radius 2 is 1.11 bits per heavy atom. The molecule has 0 radical (unpaired) electrons. The van der Waals surface area contributed by atoms with Crippen molar-refractivity contribution >= 4 is 11.9 Å². The lowest BCUT2D eigenvalue weighted by Gasteiger charge is -2.10. The summed E-state index contributed by atoms with van der Waals surface area (Å²) in [6, 6.07) is 0. The lowest BCUT2D eigenvalue weighted by molar-refractivity contribution is -0.135. The van der Waals surface area contributed by atoms with E-state index in [0.717, 1.165) is 13.8 Å².